The van der Waals surface area contributed by atoms with Gasteiger partial charge >= 0.3 is 0 Å². The Morgan fingerprint density at radius 2 is 1.82 bits per heavy atom. The van der Waals surface area contributed by atoms with Gasteiger partial charge in [0, 0.05) is 55.4 Å². The zero-order valence-corrected chi connectivity index (χ0v) is 21.3. The number of nitro groups is 1. The summed E-state index contributed by atoms with van der Waals surface area (Å²) in [5.41, 5.74) is 1.45. The number of halogens is 1. The van der Waals surface area contributed by atoms with Crippen LogP contribution in [0, 0.1) is 17.0 Å². The fourth-order valence-electron chi connectivity index (χ4n) is 5.04. The maximum Gasteiger partial charge on any atom is 0.270 e. The number of piperazine rings is 1. The Bertz CT molecular complexity index is 1160. The number of rotatable bonds is 6. The van der Waals surface area contributed by atoms with E-state index in [1.807, 2.05) is 24.3 Å². The van der Waals surface area contributed by atoms with Gasteiger partial charge in [-0.15, -0.1) is 0 Å². The Morgan fingerprint density at radius 3 is 2.47 bits per heavy atom. The molecule has 2 heterocycles. The Balaban J connectivity index is 1.69. The van der Waals surface area contributed by atoms with Crippen LogP contribution < -0.4 is 0 Å². The molecule has 10 heteroatoms. The number of hydrogen-bond donors (Lipinski definition) is 0. The van der Waals surface area contributed by atoms with Crippen LogP contribution in [-0.4, -0.2) is 71.9 Å². The lowest BCUT2D eigenvalue weighted by molar-refractivity contribution is -0.385. The van der Waals surface area contributed by atoms with Crippen LogP contribution >= 0.6 is 11.6 Å². The highest BCUT2D eigenvalue weighted by molar-refractivity contribution is 7.89. The van der Waals surface area contributed by atoms with E-state index in [0.29, 0.717) is 30.1 Å². The molecule has 184 valence electrons. The smallest absolute Gasteiger partial charge is 0.270 e. The maximum atomic E-state index is 13.9. The van der Waals surface area contributed by atoms with E-state index in [9.17, 15) is 18.5 Å². The summed E-state index contributed by atoms with van der Waals surface area (Å²) in [5, 5.41) is 12.0. The second kappa shape index (κ2) is 9.91. The monoisotopic (exact) mass is 506 g/mol. The van der Waals surface area contributed by atoms with Crippen LogP contribution in [0.4, 0.5) is 5.69 Å². The van der Waals surface area contributed by atoms with Crippen molar-refractivity contribution in [3.8, 4) is 0 Å². The summed E-state index contributed by atoms with van der Waals surface area (Å²) in [6.45, 7) is 8.59. The number of sulfonamides is 1. The van der Waals surface area contributed by atoms with Crippen molar-refractivity contribution < 1.29 is 13.3 Å². The highest BCUT2D eigenvalue weighted by Crippen LogP contribution is 2.33. The molecule has 34 heavy (non-hydrogen) atoms. The normalized spacial score (nSPS) is 22.6. The molecule has 2 aliphatic heterocycles. The minimum absolute atomic E-state index is 0.0134. The zero-order valence-electron chi connectivity index (χ0n) is 19.7. The second-order valence-corrected chi connectivity index (χ2v) is 11.7. The van der Waals surface area contributed by atoms with E-state index in [0.717, 1.165) is 25.1 Å². The molecule has 2 fully saturated rings. The second-order valence-electron chi connectivity index (χ2n) is 9.43. The van der Waals surface area contributed by atoms with Gasteiger partial charge < -0.3 is 0 Å². The van der Waals surface area contributed by atoms with Gasteiger partial charge in [0.2, 0.25) is 10.0 Å². The summed E-state index contributed by atoms with van der Waals surface area (Å²) < 4.78 is 29.3. The molecular weight excluding hydrogens is 476 g/mol. The van der Waals surface area contributed by atoms with Gasteiger partial charge in [0.25, 0.3) is 5.69 Å². The van der Waals surface area contributed by atoms with E-state index in [2.05, 4.69) is 23.6 Å². The first-order chi connectivity index (χ1) is 16.1. The molecule has 2 aromatic rings. The minimum Gasteiger partial charge on any atom is -0.296 e. The lowest BCUT2D eigenvalue weighted by Gasteiger charge is -2.53. The molecule has 0 amide bonds. The predicted molar refractivity (Wildman–Crippen MR) is 132 cm³/mol. The van der Waals surface area contributed by atoms with E-state index in [-0.39, 0.29) is 28.8 Å². The summed E-state index contributed by atoms with van der Waals surface area (Å²) >= 11 is 6.07. The average Bonchev–Trinajstić information content (AvgIpc) is 2.80. The van der Waals surface area contributed by atoms with Crippen molar-refractivity contribution in [2.24, 2.45) is 0 Å². The zero-order chi connectivity index (χ0) is 24.6. The molecule has 4 rings (SSSR count). The third-order valence-electron chi connectivity index (χ3n) is 6.91. The summed E-state index contributed by atoms with van der Waals surface area (Å²) in [7, 11) is -3.93. The van der Waals surface area contributed by atoms with Crippen molar-refractivity contribution in [1.82, 2.24) is 14.1 Å². The van der Waals surface area contributed by atoms with Gasteiger partial charge in [0.15, 0.2) is 0 Å². The molecule has 0 saturated carbocycles. The largest absolute Gasteiger partial charge is 0.296 e. The van der Waals surface area contributed by atoms with E-state index >= 15 is 0 Å². The summed E-state index contributed by atoms with van der Waals surface area (Å²) in [6, 6.07) is 12.3. The predicted octanol–water partition coefficient (Wildman–Crippen LogP) is 3.91. The van der Waals surface area contributed by atoms with E-state index in [1.165, 1.54) is 18.2 Å². The lowest BCUT2D eigenvalue weighted by Crippen LogP contribution is -2.68. The van der Waals surface area contributed by atoms with Crippen molar-refractivity contribution in [3.63, 3.8) is 0 Å². The van der Waals surface area contributed by atoms with E-state index in [1.54, 1.807) is 11.2 Å². The molecule has 8 nitrogen and oxygen atoms in total. The minimum atomic E-state index is -3.93. The number of benzene rings is 2. The molecule has 0 bridgehead atoms. The molecule has 2 saturated heterocycles. The topological polar surface area (TPSA) is 87.0 Å². The summed E-state index contributed by atoms with van der Waals surface area (Å²) in [4.78, 5) is 15.4. The van der Waals surface area contributed by atoms with Crippen molar-refractivity contribution in [2.75, 3.05) is 26.2 Å². The Morgan fingerprint density at radius 1 is 1.12 bits per heavy atom. The lowest BCUT2D eigenvalue weighted by atomic mass is 9.98. The Labute approximate surface area is 206 Å². The van der Waals surface area contributed by atoms with Gasteiger partial charge in [-0.3, -0.25) is 19.9 Å². The summed E-state index contributed by atoms with van der Waals surface area (Å²) in [6.07, 6.45) is 1.18. The maximum absolute atomic E-state index is 13.9. The van der Waals surface area contributed by atoms with E-state index < -0.39 is 14.9 Å². The molecular formula is C24H31ClN4O4S. The van der Waals surface area contributed by atoms with Crippen LogP contribution in [0.25, 0.3) is 0 Å². The highest BCUT2D eigenvalue weighted by atomic mass is 35.5. The molecule has 2 aromatic carbocycles. The molecule has 2 aliphatic rings. The number of aryl methyl sites for hydroxylation is 1. The van der Waals surface area contributed by atoms with Crippen LogP contribution in [0.3, 0.4) is 0 Å². The first-order valence-electron chi connectivity index (χ1n) is 11.6. The van der Waals surface area contributed by atoms with Crippen molar-refractivity contribution in [3.05, 3.63) is 68.7 Å². The SMILES string of the molecule is Cc1ccc([N+](=O)[O-])cc1S(=O)(=O)N1CCCN2C(Cc3ccc(Cl)cc3)CN(C(C)C)CC21. The van der Waals surface area contributed by atoms with Gasteiger partial charge in [0.05, 0.1) is 16.0 Å². The molecule has 0 radical (unpaired) electrons. The number of non-ortho nitro benzene ring substituents is 1. The number of nitro benzene ring substituents is 1. The molecule has 0 N–H and O–H groups in total. The van der Waals surface area contributed by atoms with Gasteiger partial charge in [0.1, 0.15) is 0 Å². The first-order valence-corrected chi connectivity index (χ1v) is 13.4. The van der Waals surface area contributed by atoms with Crippen molar-refractivity contribution >= 4 is 27.3 Å². The molecule has 0 aliphatic carbocycles. The van der Waals surface area contributed by atoms with Gasteiger partial charge in [-0.2, -0.15) is 4.31 Å². The fourth-order valence-corrected chi connectivity index (χ4v) is 7.04. The van der Waals surface area contributed by atoms with Crippen molar-refractivity contribution in [2.45, 2.75) is 56.8 Å². The Hall–Kier alpha value is -2.04. The van der Waals surface area contributed by atoms with Crippen LogP contribution in [-0.2, 0) is 16.4 Å². The van der Waals surface area contributed by atoms with Gasteiger partial charge in [-0.1, -0.05) is 29.8 Å². The average molecular weight is 507 g/mol. The number of fused-ring (bicyclic) bond motifs is 1. The third kappa shape index (κ3) is 4.99. The van der Waals surface area contributed by atoms with Crippen LogP contribution in [0.2, 0.25) is 5.02 Å². The fraction of sp³-hybridized carbons (Fsp3) is 0.500. The number of hydrogen-bond acceptors (Lipinski definition) is 6. The first kappa shape index (κ1) is 25.1. The highest BCUT2D eigenvalue weighted by Gasteiger charge is 2.45. The quantitative estimate of drug-likeness (QED) is 0.436. The molecule has 2 atom stereocenters. The number of nitrogens with zero attached hydrogens (tertiary/aromatic N) is 4. The van der Waals surface area contributed by atoms with Crippen molar-refractivity contribution in [1.29, 1.82) is 0 Å². The Kier molecular flexibility index (Phi) is 7.30. The standard InChI is InChI=1S/C24H31ClN4O4S/c1-17(2)26-15-22(13-19-6-8-20(25)9-7-19)27-11-4-12-28(24(27)16-26)34(32,33)23-14-21(29(30)31)10-5-18(23)3/h5-10,14,17,22,24H,4,11-13,15-16H2,1-3H3. The molecule has 0 spiro atoms. The van der Waals surface area contributed by atoms with Crippen LogP contribution in [0.5, 0.6) is 0 Å². The van der Waals surface area contributed by atoms with Gasteiger partial charge in [-0.25, -0.2) is 8.42 Å². The molecule has 0 aromatic heterocycles. The summed E-state index contributed by atoms with van der Waals surface area (Å²) in [5.74, 6) is 0. The third-order valence-corrected chi connectivity index (χ3v) is 9.20. The van der Waals surface area contributed by atoms with Crippen LogP contribution in [0.1, 0.15) is 31.4 Å². The van der Waals surface area contributed by atoms with Gasteiger partial charge in [-0.05, 0) is 56.9 Å². The molecule has 2 unspecified atom stereocenters. The van der Waals surface area contributed by atoms with Crippen LogP contribution in [0.15, 0.2) is 47.4 Å². The van der Waals surface area contributed by atoms with E-state index in [4.69, 9.17) is 11.6 Å².